The highest BCUT2D eigenvalue weighted by Crippen LogP contribution is 2.23. The number of guanidine groups is 1. The van der Waals surface area contributed by atoms with E-state index in [9.17, 15) is 0 Å². The fourth-order valence-electron chi connectivity index (χ4n) is 2.04. The van der Waals surface area contributed by atoms with Crippen molar-refractivity contribution >= 4 is 17.3 Å². The van der Waals surface area contributed by atoms with Crippen molar-refractivity contribution in [2.24, 2.45) is 10.7 Å². The average Bonchev–Trinajstić information content (AvgIpc) is 2.94. The Morgan fingerprint density at radius 1 is 1.50 bits per heavy atom. The van der Waals surface area contributed by atoms with Crippen LogP contribution in [0.4, 0.5) is 0 Å². The van der Waals surface area contributed by atoms with Crippen molar-refractivity contribution in [3.8, 4) is 0 Å². The van der Waals surface area contributed by atoms with E-state index in [0.717, 1.165) is 18.7 Å². The van der Waals surface area contributed by atoms with Crippen LogP contribution in [0.15, 0.2) is 34.0 Å². The number of likely N-dealkylation sites (N-methyl/N-ethyl adjacent to an activating group) is 1. The number of nitrogens with zero attached hydrogens (tertiary/aromatic N) is 2. The first kappa shape index (κ1) is 16.7. The van der Waals surface area contributed by atoms with Gasteiger partial charge in [0.15, 0.2) is 5.96 Å². The molecule has 0 bridgehead atoms. The second-order valence-electron chi connectivity index (χ2n) is 4.83. The highest BCUT2D eigenvalue weighted by Gasteiger charge is 2.17. The normalized spacial score (nSPS) is 13.5. The minimum Gasteiger partial charge on any atom is -0.370 e. The molecular weight excluding hydrogens is 268 g/mol. The molecule has 4 nitrogen and oxygen atoms in total. The molecule has 0 aromatic carbocycles. The first-order chi connectivity index (χ1) is 9.58. The molecule has 0 aliphatic rings. The van der Waals surface area contributed by atoms with Gasteiger partial charge in [-0.25, -0.2) is 0 Å². The maximum Gasteiger partial charge on any atom is 0.188 e. The van der Waals surface area contributed by atoms with E-state index in [4.69, 9.17) is 5.73 Å². The van der Waals surface area contributed by atoms with E-state index in [1.165, 1.54) is 5.56 Å². The van der Waals surface area contributed by atoms with Gasteiger partial charge in [0.25, 0.3) is 0 Å². The summed E-state index contributed by atoms with van der Waals surface area (Å²) in [6.45, 7) is 13.5. The zero-order chi connectivity index (χ0) is 15.0. The van der Waals surface area contributed by atoms with E-state index < -0.39 is 0 Å². The number of aliphatic imine (C=N–C) groups is 1. The van der Waals surface area contributed by atoms with Crippen LogP contribution >= 0.6 is 11.3 Å². The molecular formula is C15H26N4S. The molecule has 0 spiro atoms. The summed E-state index contributed by atoms with van der Waals surface area (Å²) in [7, 11) is 0. The molecule has 1 heterocycles. The van der Waals surface area contributed by atoms with Gasteiger partial charge < -0.3 is 11.1 Å². The molecule has 0 fully saturated rings. The van der Waals surface area contributed by atoms with Gasteiger partial charge in [-0.05, 0) is 42.4 Å². The lowest BCUT2D eigenvalue weighted by Gasteiger charge is -2.28. The second kappa shape index (κ2) is 8.76. The third-order valence-corrected chi connectivity index (χ3v) is 3.89. The summed E-state index contributed by atoms with van der Waals surface area (Å²) in [5.74, 6) is 0.486. The van der Waals surface area contributed by atoms with Crippen molar-refractivity contribution in [1.82, 2.24) is 10.2 Å². The van der Waals surface area contributed by atoms with Crippen LogP contribution < -0.4 is 11.1 Å². The van der Waals surface area contributed by atoms with Crippen molar-refractivity contribution in [3.05, 3.63) is 34.5 Å². The fourth-order valence-corrected chi connectivity index (χ4v) is 2.75. The maximum atomic E-state index is 5.89. The largest absolute Gasteiger partial charge is 0.370 e. The SMILES string of the molecule is C=C(C)CNC(N)=NCC(c1ccsc1)N(CC)CC. The third-order valence-electron chi connectivity index (χ3n) is 3.19. The summed E-state index contributed by atoms with van der Waals surface area (Å²) in [6, 6.07) is 2.46. The van der Waals surface area contributed by atoms with Crippen LogP contribution in [-0.4, -0.2) is 37.0 Å². The molecule has 0 saturated carbocycles. The zero-order valence-corrected chi connectivity index (χ0v) is 13.5. The lowest BCUT2D eigenvalue weighted by atomic mass is 10.1. The number of nitrogens with one attached hydrogen (secondary N) is 1. The standard InChI is InChI=1S/C15H26N4S/c1-5-19(6-2)14(13-7-8-20-11-13)10-18-15(16)17-9-12(3)4/h7-8,11,14H,3,5-6,9-10H2,1-2,4H3,(H3,16,17,18). The van der Waals surface area contributed by atoms with Crippen LogP contribution in [0.3, 0.4) is 0 Å². The Labute approximate surface area is 126 Å². The van der Waals surface area contributed by atoms with E-state index in [2.05, 4.69) is 52.5 Å². The summed E-state index contributed by atoms with van der Waals surface area (Å²) >= 11 is 1.72. The molecule has 1 unspecified atom stereocenters. The van der Waals surface area contributed by atoms with Gasteiger partial charge in [0.1, 0.15) is 0 Å². The third kappa shape index (κ3) is 5.35. The number of nitrogens with two attached hydrogens (primary N) is 1. The molecule has 1 aromatic heterocycles. The molecule has 112 valence electrons. The van der Waals surface area contributed by atoms with E-state index in [-0.39, 0.29) is 0 Å². The molecule has 0 saturated heterocycles. The summed E-state index contributed by atoms with van der Waals surface area (Å²) < 4.78 is 0. The minimum absolute atomic E-state index is 0.293. The molecule has 1 aromatic rings. The molecule has 0 aliphatic carbocycles. The van der Waals surface area contributed by atoms with Gasteiger partial charge >= 0.3 is 0 Å². The molecule has 0 amide bonds. The highest BCUT2D eigenvalue weighted by atomic mass is 32.1. The van der Waals surface area contributed by atoms with Crippen LogP contribution in [0.5, 0.6) is 0 Å². The van der Waals surface area contributed by atoms with Gasteiger partial charge in [-0.1, -0.05) is 26.0 Å². The van der Waals surface area contributed by atoms with E-state index >= 15 is 0 Å². The summed E-state index contributed by atoms with van der Waals surface area (Å²) in [5.41, 5.74) is 8.25. The number of hydrogen-bond donors (Lipinski definition) is 2. The first-order valence-corrected chi connectivity index (χ1v) is 7.97. The molecule has 0 aliphatic heterocycles. The van der Waals surface area contributed by atoms with Crippen molar-refractivity contribution in [3.63, 3.8) is 0 Å². The number of thiophene rings is 1. The van der Waals surface area contributed by atoms with Crippen LogP contribution in [0.25, 0.3) is 0 Å². The lowest BCUT2D eigenvalue weighted by molar-refractivity contribution is 0.225. The van der Waals surface area contributed by atoms with E-state index in [1.54, 1.807) is 11.3 Å². The average molecular weight is 294 g/mol. The Morgan fingerprint density at radius 3 is 2.70 bits per heavy atom. The van der Waals surface area contributed by atoms with Gasteiger partial charge in [-0.15, -0.1) is 0 Å². The van der Waals surface area contributed by atoms with Crippen molar-refractivity contribution in [2.75, 3.05) is 26.2 Å². The van der Waals surface area contributed by atoms with Crippen molar-refractivity contribution in [2.45, 2.75) is 26.8 Å². The molecule has 1 atom stereocenters. The first-order valence-electron chi connectivity index (χ1n) is 7.02. The topological polar surface area (TPSA) is 53.6 Å². The maximum absolute atomic E-state index is 5.89. The Morgan fingerprint density at radius 2 is 2.20 bits per heavy atom. The predicted molar refractivity (Wildman–Crippen MR) is 89.3 cm³/mol. The Bertz CT molecular complexity index is 421. The summed E-state index contributed by atoms with van der Waals surface area (Å²) in [4.78, 5) is 6.87. The fraction of sp³-hybridized carbons (Fsp3) is 0.533. The number of rotatable bonds is 8. The van der Waals surface area contributed by atoms with Gasteiger partial charge in [0.2, 0.25) is 0 Å². The summed E-state index contributed by atoms with van der Waals surface area (Å²) in [5, 5.41) is 7.37. The Kier molecular flexibility index (Phi) is 7.33. The van der Waals surface area contributed by atoms with Gasteiger partial charge in [-0.3, -0.25) is 9.89 Å². The molecule has 1 rings (SSSR count). The van der Waals surface area contributed by atoms with Crippen molar-refractivity contribution in [1.29, 1.82) is 0 Å². The van der Waals surface area contributed by atoms with Gasteiger partial charge in [0.05, 0.1) is 12.6 Å². The van der Waals surface area contributed by atoms with Crippen LogP contribution in [-0.2, 0) is 0 Å². The van der Waals surface area contributed by atoms with Gasteiger partial charge in [0, 0.05) is 6.54 Å². The Hall–Kier alpha value is -1.33. The molecule has 3 N–H and O–H groups in total. The Balaban J connectivity index is 2.70. The smallest absolute Gasteiger partial charge is 0.188 e. The van der Waals surface area contributed by atoms with Crippen molar-refractivity contribution < 1.29 is 0 Å². The number of hydrogen-bond acceptors (Lipinski definition) is 3. The summed E-state index contributed by atoms with van der Waals surface area (Å²) in [6.07, 6.45) is 0. The lowest BCUT2D eigenvalue weighted by Crippen LogP contribution is -2.35. The highest BCUT2D eigenvalue weighted by molar-refractivity contribution is 7.07. The monoisotopic (exact) mass is 294 g/mol. The van der Waals surface area contributed by atoms with Gasteiger partial charge in [-0.2, -0.15) is 11.3 Å². The van der Waals surface area contributed by atoms with Crippen LogP contribution in [0, 0.1) is 0 Å². The van der Waals surface area contributed by atoms with Crippen LogP contribution in [0.1, 0.15) is 32.4 Å². The van der Waals surface area contributed by atoms with Crippen LogP contribution in [0.2, 0.25) is 0 Å². The minimum atomic E-state index is 0.293. The predicted octanol–water partition coefficient (Wildman–Crippen LogP) is 2.61. The van der Waals surface area contributed by atoms with E-state index in [0.29, 0.717) is 25.1 Å². The molecule has 20 heavy (non-hydrogen) atoms. The quantitative estimate of drug-likeness (QED) is 0.440. The zero-order valence-electron chi connectivity index (χ0n) is 12.7. The van der Waals surface area contributed by atoms with E-state index in [1.807, 2.05) is 6.92 Å². The molecule has 5 heteroatoms. The second-order valence-corrected chi connectivity index (χ2v) is 5.61. The molecule has 0 radical (unpaired) electrons.